The minimum atomic E-state index is -0.290. The SMILES string of the molecule is CCOc1ncccc1C(=O)N[C@H]1CCSc2ccc(F)cc21. The van der Waals surface area contributed by atoms with Crippen LogP contribution in [-0.4, -0.2) is 23.3 Å². The van der Waals surface area contributed by atoms with Crippen molar-refractivity contribution in [1.82, 2.24) is 10.3 Å². The number of nitrogens with one attached hydrogen (secondary N) is 1. The van der Waals surface area contributed by atoms with Gasteiger partial charge in [-0.2, -0.15) is 0 Å². The van der Waals surface area contributed by atoms with Crippen molar-refractivity contribution in [3.05, 3.63) is 53.5 Å². The number of amides is 1. The zero-order chi connectivity index (χ0) is 16.2. The molecule has 4 nitrogen and oxygen atoms in total. The van der Waals surface area contributed by atoms with Gasteiger partial charge in [-0.1, -0.05) is 0 Å². The fourth-order valence-corrected chi connectivity index (χ4v) is 3.67. The average Bonchev–Trinajstić information content (AvgIpc) is 2.56. The Balaban J connectivity index is 1.83. The lowest BCUT2D eigenvalue weighted by Crippen LogP contribution is -2.31. The number of hydrogen-bond acceptors (Lipinski definition) is 4. The maximum absolute atomic E-state index is 13.5. The number of nitrogens with zero attached hydrogens (tertiary/aromatic N) is 1. The molecule has 1 aromatic carbocycles. The quantitative estimate of drug-likeness (QED) is 0.930. The molecule has 1 atom stereocenters. The highest BCUT2D eigenvalue weighted by molar-refractivity contribution is 7.99. The van der Waals surface area contributed by atoms with E-state index in [0.29, 0.717) is 18.1 Å². The van der Waals surface area contributed by atoms with Crippen LogP contribution in [0.15, 0.2) is 41.4 Å². The number of halogens is 1. The van der Waals surface area contributed by atoms with E-state index in [-0.39, 0.29) is 17.8 Å². The molecular formula is C17H17FN2O2S. The topological polar surface area (TPSA) is 51.2 Å². The Labute approximate surface area is 138 Å². The second-order valence-electron chi connectivity index (χ2n) is 5.13. The molecule has 0 unspecified atom stereocenters. The van der Waals surface area contributed by atoms with Crippen molar-refractivity contribution in [2.45, 2.75) is 24.3 Å². The molecule has 0 bridgehead atoms. The number of carbonyl (C=O) groups is 1. The molecule has 1 N–H and O–H groups in total. The van der Waals surface area contributed by atoms with E-state index in [1.54, 1.807) is 36.2 Å². The Hall–Kier alpha value is -2.08. The van der Waals surface area contributed by atoms with Crippen LogP contribution >= 0.6 is 11.8 Å². The highest BCUT2D eigenvalue weighted by Gasteiger charge is 2.24. The van der Waals surface area contributed by atoms with Gasteiger partial charge in [0, 0.05) is 16.8 Å². The van der Waals surface area contributed by atoms with Crippen molar-refractivity contribution in [2.24, 2.45) is 0 Å². The molecule has 0 spiro atoms. The zero-order valence-electron chi connectivity index (χ0n) is 12.7. The maximum Gasteiger partial charge on any atom is 0.257 e. The Morgan fingerprint density at radius 2 is 2.35 bits per heavy atom. The van der Waals surface area contributed by atoms with Gasteiger partial charge >= 0.3 is 0 Å². The standard InChI is InChI=1S/C17H17FN2O2S/c1-2-22-17-12(4-3-8-19-17)16(21)20-14-7-9-23-15-6-5-11(18)10-13(14)15/h3-6,8,10,14H,2,7,9H2,1H3,(H,20,21)/t14-/m0/s1. The molecule has 0 saturated carbocycles. The predicted molar refractivity (Wildman–Crippen MR) is 87.4 cm³/mol. The summed E-state index contributed by atoms with van der Waals surface area (Å²) in [7, 11) is 0. The fraction of sp³-hybridized carbons (Fsp3) is 0.294. The highest BCUT2D eigenvalue weighted by atomic mass is 32.2. The summed E-state index contributed by atoms with van der Waals surface area (Å²) >= 11 is 1.68. The van der Waals surface area contributed by atoms with Crippen LogP contribution in [0.1, 0.15) is 35.3 Å². The van der Waals surface area contributed by atoms with E-state index in [0.717, 1.165) is 22.6 Å². The highest BCUT2D eigenvalue weighted by Crippen LogP contribution is 2.36. The van der Waals surface area contributed by atoms with E-state index in [2.05, 4.69) is 10.3 Å². The Morgan fingerprint density at radius 3 is 3.17 bits per heavy atom. The number of aromatic nitrogens is 1. The van der Waals surface area contributed by atoms with E-state index >= 15 is 0 Å². The van der Waals surface area contributed by atoms with Crippen molar-refractivity contribution in [3.63, 3.8) is 0 Å². The van der Waals surface area contributed by atoms with Gasteiger partial charge in [-0.15, -0.1) is 11.8 Å². The summed E-state index contributed by atoms with van der Waals surface area (Å²) in [4.78, 5) is 17.7. The predicted octanol–water partition coefficient (Wildman–Crippen LogP) is 3.59. The van der Waals surface area contributed by atoms with Gasteiger partial charge in [0.2, 0.25) is 5.88 Å². The Kier molecular flexibility index (Phi) is 4.81. The molecule has 3 rings (SSSR count). The molecule has 1 aromatic heterocycles. The number of benzene rings is 1. The van der Waals surface area contributed by atoms with Crippen molar-refractivity contribution < 1.29 is 13.9 Å². The number of ether oxygens (including phenoxy) is 1. The zero-order valence-corrected chi connectivity index (χ0v) is 13.5. The third-order valence-electron chi connectivity index (χ3n) is 3.61. The number of thioether (sulfide) groups is 1. The fourth-order valence-electron chi connectivity index (χ4n) is 2.57. The molecule has 1 aliphatic rings. The summed E-state index contributed by atoms with van der Waals surface area (Å²) in [6.45, 7) is 2.28. The third kappa shape index (κ3) is 3.47. The molecule has 1 amide bonds. The van der Waals surface area contributed by atoms with Gasteiger partial charge in [0.25, 0.3) is 5.91 Å². The molecule has 2 heterocycles. The van der Waals surface area contributed by atoms with E-state index in [4.69, 9.17) is 4.74 Å². The summed E-state index contributed by atoms with van der Waals surface area (Å²) in [5.41, 5.74) is 1.22. The van der Waals surface area contributed by atoms with Crippen LogP contribution in [-0.2, 0) is 0 Å². The lowest BCUT2D eigenvalue weighted by Gasteiger charge is -2.26. The van der Waals surface area contributed by atoms with Crippen LogP contribution < -0.4 is 10.1 Å². The minimum Gasteiger partial charge on any atom is -0.477 e. The number of hydrogen-bond donors (Lipinski definition) is 1. The number of fused-ring (bicyclic) bond motifs is 1. The smallest absolute Gasteiger partial charge is 0.257 e. The summed E-state index contributed by atoms with van der Waals surface area (Å²) in [5.74, 6) is 0.655. The monoisotopic (exact) mass is 332 g/mol. The molecule has 0 saturated heterocycles. The number of carbonyl (C=O) groups excluding carboxylic acids is 1. The largest absolute Gasteiger partial charge is 0.477 e. The second kappa shape index (κ2) is 7.00. The second-order valence-corrected chi connectivity index (χ2v) is 6.27. The average molecular weight is 332 g/mol. The number of rotatable bonds is 4. The van der Waals surface area contributed by atoms with Gasteiger partial charge in [0.1, 0.15) is 11.4 Å². The van der Waals surface area contributed by atoms with Gasteiger partial charge in [-0.25, -0.2) is 9.37 Å². The van der Waals surface area contributed by atoms with Gasteiger partial charge in [0.05, 0.1) is 12.6 Å². The first-order valence-corrected chi connectivity index (χ1v) is 8.48. The van der Waals surface area contributed by atoms with Gasteiger partial charge < -0.3 is 10.1 Å². The molecule has 0 aliphatic carbocycles. The third-order valence-corrected chi connectivity index (χ3v) is 4.74. The maximum atomic E-state index is 13.5. The van der Waals surface area contributed by atoms with Gasteiger partial charge in [-0.05, 0) is 49.2 Å². The van der Waals surface area contributed by atoms with Crippen molar-refractivity contribution in [1.29, 1.82) is 0 Å². The van der Waals surface area contributed by atoms with Crippen molar-refractivity contribution in [2.75, 3.05) is 12.4 Å². The molecule has 6 heteroatoms. The summed E-state index contributed by atoms with van der Waals surface area (Å²) in [6.07, 6.45) is 2.35. The number of pyridine rings is 1. The van der Waals surface area contributed by atoms with Gasteiger partial charge in [0.15, 0.2) is 0 Å². The summed E-state index contributed by atoms with van der Waals surface area (Å²) in [5, 5.41) is 2.98. The normalized spacial score (nSPS) is 16.5. The van der Waals surface area contributed by atoms with Crippen LogP contribution in [0.25, 0.3) is 0 Å². The lowest BCUT2D eigenvalue weighted by atomic mass is 10.0. The molecule has 0 radical (unpaired) electrons. The van der Waals surface area contributed by atoms with E-state index in [1.165, 1.54) is 12.1 Å². The van der Waals surface area contributed by atoms with E-state index < -0.39 is 0 Å². The van der Waals surface area contributed by atoms with Crippen LogP contribution in [0, 0.1) is 5.82 Å². The first-order valence-electron chi connectivity index (χ1n) is 7.50. The first kappa shape index (κ1) is 15.8. The van der Waals surface area contributed by atoms with E-state index in [9.17, 15) is 9.18 Å². The minimum absolute atomic E-state index is 0.205. The van der Waals surface area contributed by atoms with Crippen LogP contribution in [0.3, 0.4) is 0 Å². The van der Waals surface area contributed by atoms with Gasteiger partial charge in [-0.3, -0.25) is 4.79 Å². The van der Waals surface area contributed by atoms with Crippen LogP contribution in [0.4, 0.5) is 4.39 Å². The van der Waals surface area contributed by atoms with Crippen LogP contribution in [0.2, 0.25) is 0 Å². The summed E-state index contributed by atoms with van der Waals surface area (Å²) in [6, 6.07) is 7.88. The van der Waals surface area contributed by atoms with Crippen LogP contribution in [0.5, 0.6) is 5.88 Å². The lowest BCUT2D eigenvalue weighted by molar-refractivity contribution is 0.0930. The molecule has 1 aliphatic heterocycles. The van der Waals surface area contributed by atoms with E-state index in [1.807, 2.05) is 6.92 Å². The Morgan fingerprint density at radius 1 is 1.48 bits per heavy atom. The first-order chi connectivity index (χ1) is 11.2. The molecule has 120 valence electrons. The Bertz CT molecular complexity index is 723. The molecule has 23 heavy (non-hydrogen) atoms. The molecular weight excluding hydrogens is 315 g/mol. The summed E-state index contributed by atoms with van der Waals surface area (Å²) < 4.78 is 18.9. The molecule has 2 aromatic rings. The molecule has 0 fully saturated rings. The van der Waals surface area contributed by atoms with Crippen molar-refractivity contribution in [3.8, 4) is 5.88 Å². The van der Waals surface area contributed by atoms with Crippen molar-refractivity contribution >= 4 is 17.7 Å².